The van der Waals surface area contributed by atoms with Crippen LogP contribution in [0.25, 0.3) is 0 Å². The Kier molecular flexibility index (Phi) is 5.82. The zero-order valence-corrected chi connectivity index (χ0v) is 25.5. The molecule has 4 saturated carbocycles. The van der Waals surface area contributed by atoms with E-state index in [0.717, 1.165) is 49.8 Å². The molecule has 5 heteroatoms. The third-order valence-corrected chi connectivity index (χ3v) is 14.0. The molecule has 0 radical (unpaired) electrons. The van der Waals surface area contributed by atoms with E-state index < -0.39 is 5.41 Å². The van der Waals surface area contributed by atoms with Crippen molar-refractivity contribution in [2.45, 2.75) is 112 Å². The molecule has 9 atom stereocenters. The molecule has 0 N–H and O–H groups in total. The number of aromatic nitrogens is 1. The second-order valence-corrected chi connectivity index (χ2v) is 15.6. The molecule has 0 unspecified atom stereocenters. The summed E-state index contributed by atoms with van der Waals surface area (Å²) in [6.07, 6.45) is 9.13. The SMILES string of the molecule is C=C(C)[C@@H]1CC[C@]2(COC(C)=O)CC[C@]3(C)[C@H](CC[C@@H]4[C@@]5(C)c6c(noc6C)C(=O)C(C)(C)[C@@H]5CC[C@]43C)[C@@H]12. The standard InChI is InChI=1S/C34H49NO4/c1-19(2)22-12-15-34(18-38-21(4)36)17-16-31(7)23(27(22)34)10-11-25-32(31,8)14-13-24-30(5,6)29(37)28-26(33(24,25)9)20(3)39-35-28/h22-25,27H,1,10-18H2,2-9H3/t22-,23+,24-,25-,27+,31+,32+,33-,34+/m0/s1. The fourth-order valence-corrected chi connectivity index (χ4v) is 12.1. The van der Waals surface area contributed by atoms with Crippen LogP contribution in [0.3, 0.4) is 0 Å². The van der Waals surface area contributed by atoms with Gasteiger partial charge in [0.1, 0.15) is 5.76 Å². The van der Waals surface area contributed by atoms with Gasteiger partial charge in [0.15, 0.2) is 11.5 Å². The number of fused-ring (bicyclic) bond motifs is 9. The lowest BCUT2D eigenvalue weighted by Crippen LogP contribution is -2.68. The van der Waals surface area contributed by atoms with Crippen LogP contribution < -0.4 is 0 Å². The van der Waals surface area contributed by atoms with Crippen LogP contribution in [0.5, 0.6) is 0 Å². The van der Waals surface area contributed by atoms with Gasteiger partial charge in [-0.15, -0.1) is 0 Å². The molecular formula is C34H49NO4. The number of rotatable bonds is 3. The molecule has 1 aromatic heterocycles. The van der Waals surface area contributed by atoms with Crippen molar-refractivity contribution in [3.05, 3.63) is 29.2 Å². The van der Waals surface area contributed by atoms with Gasteiger partial charge in [0, 0.05) is 28.7 Å². The van der Waals surface area contributed by atoms with Crippen molar-refractivity contribution in [2.75, 3.05) is 6.61 Å². The van der Waals surface area contributed by atoms with Gasteiger partial charge >= 0.3 is 5.97 Å². The summed E-state index contributed by atoms with van der Waals surface area (Å²) in [6, 6.07) is 0. The van der Waals surface area contributed by atoms with Gasteiger partial charge < -0.3 is 9.26 Å². The third kappa shape index (κ3) is 3.22. The lowest BCUT2D eigenvalue weighted by molar-refractivity contribution is -0.214. The van der Waals surface area contributed by atoms with E-state index in [-0.39, 0.29) is 39.3 Å². The molecule has 6 rings (SSSR count). The van der Waals surface area contributed by atoms with Crippen molar-refractivity contribution >= 4 is 11.8 Å². The Hall–Kier alpha value is -1.91. The van der Waals surface area contributed by atoms with Crippen LogP contribution in [0.4, 0.5) is 0 Å². The quantitative estimate of drug-likeness (QED) is 0.291. The normalized spacial score (nSPS) is 45.8. The van der Waals surface area contributed by atoms with Crippen molar-refractivity contribution in [3.63, 3.8) is 0 Å². The molecular weight excluding hydrogens is 486 g/mol. The average Bonchev–Trinajstić information content (AvgIpc) is 3.44. The molecule has 214 valence electrons. The first-order chi connectivity index (χ1) is 18.1. The van der Waals surface area contributed by atoms with Gasteiger partial charge in [0.05, 0.1) is 6.61 Å². The Bertz CT molecular complexity index is 1240. The Morgan fingerprint density at radius 1 is 0.974 bits per heavy atom. The Morgan fingerprint density at radius 2 is 1.69 bits per heavy atom. The predicted molar refractivity (Wildman–Crippen MR) is 151 cm³/mol. The van der Waals surface area contributed by atoms with Crippen LogP contribution in [0.2, 0.25) is 0 Å². The third-order valence-electron chi connectivity index (χ3n) is 14.0. The van der Waals surface area contributed by atoms with E-state index in [1.807, 2.05) is 6.92 Å². The minimum atomic E-state index is -0.452. The summed E-state index contributed by atoms with van der Waals surface area (Å²) in [5.41, 5.74) is 2.78. The second-order valence-electron chi connectivity index (χ2n) is 15.6. The van der Waals surface area contributed by atoms with Crippen LogP contribution in [0.15, 0.2) is 16.7 Å². The molecule has 5 nitrogen and oxygen atoms in total. The molecule has 5 aliphatic carbocycles. The largest absolute Gasteiger partial charge is 0.465 e. The van der Waals surface area contributed by atoms with E-state index in [1.54, 1.807) is 6.92 Å². The molecule has 1 heterocycles. The smallest absolute Gasteiger partial charge is 0.302 e. The molecule has 0 amide bonds. The zero-order valence-electron chi connectivity index (χ0n) is 25.5. The molecule has 0 bridgehead atoms. The molecule has 0 aromatic carbocycles. The van der Waals surface area contributed by atoms with Gasteiger partial charge in [-0.25, -0.2) is 0 Å². The molecule has 39 heavy (non-hydrogen) atoms. The lowest BCUT2D eigenvalue weighted by Gasteiger charge is -2.72. The summed E-state index contributed by atoms with van der Waals surface area (Å²) in [5, 5.41) is 4.37. The molecule has 0 spiro atoms. The van der Waals surface area contributed by atoms with E-state index in [1.165, 1.54) is 18.4 Å². The molecule has 0 aliphatic heterocycles. The first-order valence-corrected chi connectivity index (χ1v) is 15.5. The Balaban J connectivity index is 1.46. The van der Waals surface area contributed by atoms with Crippen molar-refractivity contribution < 1.29 is 18.8 Å². The maximum atomic E-state index is 13.7. The lowest BCUT2D eigenvalue weighted by atomic mass is 9.32. The molecule has 0 saturated heterocycles. The number of Topliss-reactive ketones (excluding diaryl/α,β-unsaturated/α-hetero) is 1. The van der Waals surface area contributed by atoms with E-state index in [2.05, 4.69) is 53.3 Å². The number of ketones is 1. The topological polar surface area (TPSA) is 69.4 Å². The predicted octanol–water partition coefficient (Wildman–Crippen LogP) is 7.86. The summed E-state index contributed by atoms with van der Waals surface area (Å²) in [7, 11) is 0. The maximum Gasteiger partial charge on any atom is 0.302 e. The highest BCUT2D eigenvalue weighted by Gasteiger charge is 2.72. The number of allylic oxidation sites excluding steroid dienone is 1. The number of hydrogen-bond acceptors (Lipinski definition) is 5. The fraction of sp³-hybridized carbons (Fsp3) is 0.794. The van der Waals surface area contributed by atoms with Crippen molar-refractivity contribution in [3.8, 4) is 0 Å². The first kappa shape index (κ1) is 27.3. The zero-order chi connectivity index (χ0) is 28.3. The maximum absolute atomic E-state index is 13.7. The van der Waals surface area contributed by atoms with Crippen LogP contribution in [0.1, 0.15) is 122 Å². The van der Waals surface area contributed by atoms with Gasteiger partial charge in [-0.05, 0) is 106 Å². The number of carbonyl (C=O) groups is 2. The Labute approximate surface area is 234 Å². The van der Waals surface area contributed by atoms with E-state index in [0.29, 0.717) is 36.0 Å². The highest BCUT2D eigenvalue weighted by atomic mass is 16.5. The van der Waals surface area contributed by atoms with E-state index >= 15 is 0 Å². The number of hydrogen-bond donors (Lipinski definition) is 0. The molecule has 5 aliphatic rings. The average molecular weight is 536 g/mol. The summed E-state index contributed by atoms with van der Waals surface area (Å²) >= 11 is 0. The summed E-state index contributed by atoms with van der Waals surface area (Å²) in [5.74, 6) is 3.15. The molecule has 4 fully saturated rings. The number of ether oxygens (including phenoxy) is 1. The molecule has 1 aromatic rings. The minimum Gasteiger partial charge on any atom is -0.465 e. The highest BCUT2D eigenvalue weighted by Crippen LogP contribution is 2.77. The van der Waals surface area contributed by atoms with Crippen LogP contribution in [-0.4, -0.2) is 23.5 Å². The van der Waals surface area contributed by atoms with Crippen LogP contribution in [-0.2, 0) is 14.9 Å². The van der Waals surface area contributed by atoms with Gasteiger partial charge in [-0.1, -0.05) is 51.9 Å². The van der Waals surface area contributed by atoms with Crippen molar-refractivity contribution in [1.29, 1.82) is 0 Å². The summed E-state index contributed by atoms with van der Waals surface area (Å²) in [6.45, 7) is 22.8. The summed E-state index contributed by atoms with van der Waals surface area (Å²) < 4.78 is 11.6. The van der Waals surface area contributed by atoms with E-state index in [4.69, 9.17) is 9.26 Å². The van der Waals surface area contributed by atoms with Crippen LogP contribution in [0, 0.1) is 58.2 Å². The van der Waals surface area contributed by atoms with Crippen LogP contribution >= 0.6 is 0 Å². The fourth-order valence-electron chi connectivity index (χ4n) is 12.1. The summed E-state index contributed by atoms with van der Waals surface area (Å²) in [4.78, 5) is 25.6. The number of carbonyl (C=O) groups excluding carboxylic acids is 2. The Morgan fingerprint density at radius 3 is 2.36 bits per heavy atom. The minimum absolute atomic E-state index is 0.0707. The highest BCUT2D eigenvalue weighted by molar-refractivity contribution is 6.02. The van der Waals surface area contributed by atoms with E-state index in [9.17, 15) is 9.59 Å². The number of esters is 1. The second kappa shape index (κ2) is 8.32. The van der Waals surface area contributed by atoms with Gasteiger partial charge in [0.25, 0.3) is 0 Å². The first-order valence-electron chi connectivity index (χ1n) is 15.5. The van der Waals surface area contributed by atoms with Gasteiger partial charge in [-0.3, -0.25) is 9.59 Å². The van der Waals surface area contributed by atoms with Gasteiger partial charge in [-0.2, -0.15) is 0 Å². The van der Waals surface area contributed by atoms with Crippen molar-refractivity contribution in [1.82, 2.24) is 5.16 Å². The number of nitrogens with zero attached hydrogens (tertiary/aromatic N) is 1. The van der Waals surface area contributed by atoms with Crippen molar-refractivity contribution in [2.24, 2.45) is 51.2 Å². The number of aryl methyl sites for hydroxylation is 1. The monoisotopic (exact) mass is 535 g/mol. The van der Waals surface area contributed by atoms with Gasteiger partial charge in [0.2, 0.25) is 0 Å².